The number of fused-ring (bicyclic) bond motifs is 1. The molecule has 5 nitrogen and oxygen atoms in total. The van der Waals surface area contributed by atoms with E-state index in [0.717, 1.165) is 18.7 Å². The maximum atomic E-state index is 13.0. The van der Waals surface area contributed by atoms with Gasteiger partial charge in [-0.3, -0.25) is 19.4 Å². The highest BCUT2D eigenvalue weighted by atomic mass is 16.5. The molecule has 5 heteroatoms. The van der Waals surface area contributed by atoms with Gasteiger partial charge in [0, 0.05) is 19.1 Å². The lowest BCUT2D eigenvalue weighted by Crippen LogP contribution is -2.67. The van der Waals surface area contributed by atoms with E-state index in [4.69, 9.17) is 4.74 Å². The average Bonchev–Trinajstić information content (AvgIpc) is 2.79. The molecule has 0 unspecified atom stereocenters. The molecule has 0 radical (unpaired) electrons. The second-order valence-corrected chi connectivity index (χ2v) is 7.67. The maximum absolute atomic E-state index is 13.0. The fraction of sp³-hybridized carbons (Fsp3) is 0.579. The zero-order chi connectivity index (χ0) is 16.9. The first-order chi connectivity index (χ1) is 11.5. The Bertz CT molecular complexity index is 652. The van der Waals surface area contributed by atoms with Crippen LogP contribution >= 0.6 is 0 Å². The summed E-state index contributed by atoms with van der Waals surface area (Å²) in [4.78, 5) is 29.7. The SMILES string of the molecule is CC1(C)[C@@H]2C(=O)N(Cc3ccccc3)C(=O)[C@@H]2[C@H]1N1CCOCC1. The Hall–Kier alpha value is -1.72. The molecular weight excluding hydrogens is 304 g/mol. The minimum atomic E-state index is -0.186. The Morgan fingerprint density at radius 1 is 1.08 bits per heavy atom. The number of amides is 2. The second kappa shape index (κ2) is 5.67. The molecule has 2 amide bonds. The molecule has 128 valence electrons. The van der Waals surface area contributed by atoms with E-state index in [2.05, 4.69) is 18.7 Å². The second-order valence-electron chi connectivity index (χ2n) is 7.67. The molecule has 0 spiro atoms. The van der Waals surface area contributed by atoms with Crippen molar-refractivity contribution in [3.8, 4) is 0 Å². The Labute approximate surface area is 142 Å². The molecule has 24 heavy (non-hydrogen) atoms. The largest absolute Gasteiger partial charge is 0.379 e. The van der Waals surface area contributed by atoms with Crippen molar-refractivity contribution in [1.29, 1.82) is 0 Å². The zero-order valence-corrected chi connectivity index (χ0v) is 14.3. The molecule has 0 bridgehead atoms. The first-order valence-corrected chi connectivity index (χ1v) is 8.73. The maximum Gasteiger partial charge on any atom is 0.235 e. The molecule has 1 aromatic rings. The van der Waals surface area contributed by atoms with Gasteiger partial charge in [-0.05, 0) is 11.0 Å². The quantitative estimate of drug-likeness (QED) is 0.790. The van der Waals surface area contributed by atoms with Crippen LogP contribution in [0.2, 0.25) is 0 Å². The molecule has 3 fully saturated rings. The Balaban J connectivity index is 1.58. The molecule has 4 rings (SSSR count). The number of nitrogens with zero attached hydrogens (tertiary/aromatic N) is 2. The number of benzene rings is 1. The summed E-state index contributed by atoms with van der Waals surface area (Å²) in [5.74, 6) is -0.357. The molecule has 0 aromatic heterocycles. The van der Waals surface area contributed by atoms with Gasteiger partial charge in [-0.15, -0.1) is 0 Å². The topological polar surface area (TPSA) is 49.9 Å². The van der Waals surface area contributed by atoms with Crippen molar-refractivity contribution in [2.75, 3.05) is 26.3 Å². The van der Waals surface area contributed by atoms with Crippen LogP contribution in [-0.4, -0.2) is 54.0 Å². The molecule has 2 heterocycles. The normalized spacial score (nSPS) is 32.6. The van der Waals surface area contributed by atoms with Crippen LogP contribution in [0.3, 0.4) is 0 Å². The van der Waals surface area contributed by atoms with Crippen LogP contribution in [0.1, 0.15) is 19.4 Å². The van der Waals surface area contributed by atoms with E-state index >= 15 is 0 Å². The standard InChI is InChI=1S/C19H24N2O3/c1-19(2)15-14(16(19)20-8-10-24-11-9-20)17(22)21(18(15)23)12-13-6-4-3-5-7-13/h3-7,14-16H,8-12H2,1-2H3/t14-,15-,16+/m0/s1. The highest BCUT2D eigenvalue weighted by Crippen LogP contribution is 2.58. The third kappa shape index (κ3) is 2.22. The fourth-order valence-corrected chi connectivity index (χ4v) is 4.85. The number of imide groups is 1. The summed E-state index contributed by atoms with van der Waals surface area (Å²) in [6.07, 6.45) is 0. The number of hydrogen-bond acceptors (Lipinski definition) is 4. The van der Waals surface area contributed by atoms with E-state index in [1.165, 1.54) is 4.90 Å². The van der Waals surface area contributed by atoms with Crippen LogP contribution in [0.15, 0.2) is 30.3 Å². The molecule has 3 atom stereocenters. The summed E-state index contributed by atoms with van der Waals surface area (Å²) >= 11 is 0. The van der Waals surface area contributed by atoms with E-state index in [0.29, 0.717) is 19.8 Å². The molecule has 1 aliphatic carbocycles. The number of carbonyl (C=O) groups is 2. The van der Waals surface area contributed by atoms with Gasteiger partial charge in [-0.2, -0.15) is 0 Å². The van der Waals surface area contributed by atoms with Crippen LogP contribution in [0, 0.1) is 17.3 Å². The van der Waals surface area contributed by atoms with Gasteiger partial charge in [-0.1, -0.05) is 44.2 Å². The van der Waals surface area contributed by atoms with E-state index in [1.807, 2.05) is 30.3 Å². The van der Waals surface area contributed by atoms with Crippen molar-refractivity contribution in [3.05, 3.63) is 35.9 Å². The molecule has 1 saturated carbocycles. The van der Waals surface area contributed by atoms with Gasteiger partial charge in [0.15, 0.2) is 0 Å². The minimum Gasteiger partial charge on any atom is -0.379 e. The number of carbonyl (C=O) groups excluding carboxylic acids is 2. The summed E-state index contributed by atoms with van der Waals surface area (Å²) in [5.41, 5.74) is 0.835. The highest BCUT2D eigenvalue weighted by Gasteiger charge is 2.69. The molecule has 1 aromatic carbocycles. The monoisotopic (exact) mass is 328 g/mol. The Morgan fingerprint density at radius 2 is 1.75 bits per heavy atom. The molecule has 0 N–H and O–H groups in total. The number of rotatable bonds is 3. The van der Waals surface area contributed by atoms with E-state index < -0.39 is 0 Å². The van der Waals surface area contributed by atoms with Gasteiger partial charge in [0.05, 0.1) is 31.6 Å². The molecule has 3 aliphatic rings. The van der Waals surface area contributed by atoms with Gasteiger partial charge in [0.25, 0.3) is 0 Å². The summed E-state index contributed by atoms with van der Waals surface area (Å²) in [6, 6.07) is 9.89. The fourth-order valence-electron chi connectivity index (χ4n) is 4.85. The third-order valence-corrected chi connectivity index (χ3v) is 5.97. The van der Waals surface area contributed by atoms with Crippen LogP contribution < -0.4 is 0 Å². The first-order valence-electron chi connectivity index (χ1n) is 8.73. The van der Waals surface area contributed by atoms with Crippen molar-refractivity contribution >= 4 is 11.8 Å². The van der Waals surface area contributed by atoms with Crippen LogP contribution in [0.25, 0.3) is 0 Å². The van der Waals surface area contributed by atoms with Gasteiger partial charge in [-0.25, -0.2) is 0 Å². The van der Waals surface area contributed by atoms with Gasteiger partial charge < -0.3 is 4.74 Å². The average molecular weight is 328 g/mol. The smallest absolute Gasteiger partial charge is 0.235 e. The van der Waals surface area contributed by atoms with Gasteiger partial charge in [0.2, 0.25) is 11.8 Å². The van der Waals surface area contributed by atoms with Gasteiger partial charge in [0.1, 0.15) is 0 Å². The first kappa shape index (κ1) is 15.8. The highest BCUT2D eigenvalue weighted by molar-refractivity contribution is 6.07. The Morgan fingerprint density at radius 3 is 2.42 bits per heavy atom. The predicted molar refractivity (Wildman–Crippen MR) is 88.9 cm³/mol. The van der Waals surface area contributed by atoms with E-state index in [9.17, 15) is 9.59 Å². The number of likely N-dealkylation sites (tertiary alicyclic amines) is 1. The third-order valence-electron chi connectivity index (χ3n) is 5.97. The molecule has 2 saturated heterocycles. The summed E-state index contributed by atoms with van der Waals surface area (Å²) in [6.45, 7) is 7.75. The van der Waals surface area contributed by atoms with Crippen molar-refractivity contribution in [1.82, 2.24) is 9.80 Å². The molecule has 2 aliphatic heterocycles. The van der Waals surface area contributed by atoms with Crippen LogP contribution in [0.4, 0.5) is 0 Å². The van der Waals surface area contributed by atoms with Crippen molar-refractivity contribution < 1.29 is 14.3 Å². The lowest BCUT2D eigenvalue weighted by atomic mass is 9.52. The summed E-state index contributed by atoms with van der Waals surface area (Å²) < 4.78 is 5.44. The van der Waals surface area contributed by atoms with Gasteiger partial charge >= 0.3 is 0 Å². The lowest BCUT2D eigenvalue weighted by Gasteiger charge is -2.57. The summed E-state index contributed by atoms with van der Waals surface area (Å²) in [7, 11) is 0. The summed E-state index contributed by atoms with van der Waals surface area (Å²) in [5, 5.41) is 0. The van der Waals surface area contributed by atoms with E-state index in [-0.39, 0.29) is 35.1 Å². The number of morpholine rings is 1. The number of hydrogen-bond donors (Lipinski definition) is 0. The zero-order valence-electron chi connectivity index (χ0n) is 14.3. The molecular formula is C19H24N2O3. The van der Waals surface area contributed by atoms with Crippen molar-refractivity contribution in [2.24, 2.45) is 17.3 Å². The van der Waals surface area contributed by atoms with E-state index in [1.54, 1.807) is 0 Å². The van der Waals surface area contributed by atoms with Crippen LogP contribution in [0.5, 0.6) is 0 Å². The Kier molecular flexibility index (Phi) is 3.73. The minimum absolute atomic E-state index is 0.00311. The van der Waals surface area contributed by atoms with Crippen molar-refractivity contribution in [3.63, 3.8) is 0 Å². The lowest BCUT2D eigenvalue weighted by molar-refractivity contribution is -0.161. The predicted octanol–water partition coefficient (Wildman–Crippen LogP) is 1.53. The van der Waals surface area contributed by atoms with Crippen molar-refractivity contribution in [2.45, 2.75) is 26.4 Å². The van der Waals surface area contributed by atoms with Crippen LogP contribution in [-0.2, 0) is 20.9 Å². The number of ether oxygens (including phenoxy) is 1.